The van der Waals surface area contributed by atoms with E-state index in [0.717, 1.165) is 10.6 Å². The molecule has 0 saturated heterocycles. The zero-order valence-electron chi connectivity index (χ0n) is 11.7. The van der Waals surface area contributed by atoms with Crippen molar-refractivity contribution in [3.63, 3.8) is 0 Å². The molecule has 1 heterocycles. The molecule has 0 unspecified atom stereocenters. The summed E-state index contributed by atoms with van der Waals surface area (Å²) in [4.78, 5) is 36.4. The smallest absolute Gasteiger partial charge is 0.328 e. The van der Waals surface area contributed by atoms with Gasteiger partial charge >= 0.3 is 11.7 Å². The van der Waals surface area contributed by atoms with Crippen molar-refractivity contribution in [2.45, 2.75) is 17.9 Å². The maximum Gasteiger partial charge on any atom is 0.328 e. The molecule has 0 aliphatic rings. The molecule has 118 valence electrons. The molecular formula is C12H13N3O6S. The second-order valence-electron chi connectivity index (χ2n) is 4.68. The maximum atomic E-state index is 12.1. The van der Waals surface area contributed by atoms with Gasteiger partial charge in [0.2, 0.25) is 10.0 Å². The third-order valence-corrected chi connectivity index (χ3v) is 4.62. The molecular weight excluding hydrogens is 314 g/mol. The van der Waals surface area contributed by atoms with Crippen LogP contribution in [0.1, 0.15) is 6.92 Å². The molecule has 0 aliphatic heterocycles. The van der Waals surface area contributed by atoms with Gasteiger partial charge in [-0.2, -0.15) is 4.72 Å². The van der Waals surface area contributed by atoms with E-state index in [1.54, 1.807) is 0 Å². The van der Waals surface area contributed by atoms with E-state index in [1.165, 1.54) is 26.1 Å². The maximum absolute atomic E-state index is 12.1. The molecule has 10 heteroatoms. The summed E-state index contributed by atoms with van der Waals surface area (Å²) in [6, 6.07) is 2.22. The molecule has 9 nitrogen and oxygen atoms in total. The van der Waals surface area contributed by atoms with E-state index in [0.29, 0.717) is 0 Å². The number of nitrogens with one attached hydrogen (secondary N) is 2. The summed E-state index contributed by atoms with van der Waals surface area (Å²) in [6.45, 7) is 1.18. The fourth-order valence-corrected chi connectivity index (χ4v) is 3.02. The van der Waals surface area contributed by atoms with Crippen molar-refractivity contribution in [2.75, 3.05) is 0 Å². The summed E-state index contributed by atoms with van der Waals surface area (Å²) >= 11 is 0. The number of H-pyrrole nitrogens is 1. The zero-order chi connectivity index (χ0) is 16.7. The minimum atomic E-state index is -4.11. The van der Waals surface area contributed by atoms with E-state index < -0.39 is 33.3 Å². The van der Waals surface area contributed by atoms with E-state index in [4.69, 9.17) is 5.11 Å². The molecule has 2 aromatic rings. The normalized spacial score (nSPS) is 13.2. The van der Waals surface area contributed by atoms with Crippen molar-refractivity contribution in [3.8, 4) is 0 Å². The van der Waals surface area contributed by atoms with Crippen LogP contribution >= 0.6 is 0 Å². The monoisotopic (exact) mass is 327 g/mol. The lowest BCUT2D eigenvalue weighted by atomic mass is 10.2. The first-order valence-electron chi connectivity index (χ1n) is 6.11. The summed E-state index contributed by atoms with van der Waals surface area (Å²) in [5, 5.41) is 8.76. The van der Waals surface area contributed by atoms with Crippen LogP contribution in [0.15, 0.2) is 32.7 Å². The van der Waals surface area contributed by atoms with E-state index in [9.17, 15) is 22.8 Å². The van der Waals surface area contributed by atoms with Gasteiger partial charge in [-0.25, -0.2) is 13.2 Å². The summed E-state index contributed by atoms with van der Waals surface area (Å²) in [6.07, 6.45) is 0. The Morgan fingerprint density at radius 2 is 2.00 bits per heavy atom. The Bertz CT molecular complexity index is 972. The average molecular weight is 327 g/mol. The van der Waals surface area contributed by atoms with E-state index >= 15 is 0 Å². The molecule has 1 aromatic carbocycles. The lowest BCUT2D eigenvalue weighted by Crippen LogP contribution is -2.38. The van der Waals surface area contributed by atoms with E-state index in [1.807, 2.05) is 4.72 Å². The number of sulfonamides is 1. The van der Waals surface area contributed by atoms with Gasteiger partial charge in [0.1, 0.15) is 6.04 Å². The van der Waals surface area contributed by atoms with Crippen molar-refractivity contribution in [3.05, 3.63) is 39.0 Å². The Morgan fingerprint density at radius 1 is 1.36 bits per heavy atom. The highest BCUT2D eigenvalue weighted by molar-refractivity contribution is 7.89. The Balaban J connectivity index is 2.61. The minimum absolute atomic E-state index is 0.00736. The molecule has 3 N–H and O–H groups in total. The van der Waals surface area contributed by atoms with Crippen LogP contribution in [-0.4, -0.2) is 35.1 Å². The Kier molecular flexibility index (Phi) is 3.90. The zero-order valence-corrected chi connectivity index (χ0v) is 12.5. The molecule has 1 aromatic heterocycles. The highest BCUT2D eigenvalue weighted by Crippen LogP contribution is 2.14. The largest absolute Gasteiger partial charge is 0.480 e. The van der Waals surface area contributed by atoms with Crippen LogP contribution in [0.5, 0.6) is 0 Å². The van der Waals surface area contributed by atoms with Gasteiger partial charge < -0.3 is 10.1 Å². The van der Waals surface area contributed by atoms with Crippen LogP contribution < -0.4 is 16.0 Å². The molecule has 0 amide bonds. The lowest BCUT2D eigenvalue weighted by Gasteiger charge is -2.10. The predicted molar refractivity (Wildman–Crippen MR) is 77.2 cm³/mol. The first-order valence-corrected chi connectivity index (χ1v) is 7.60. The lowest BCUT2D eigenvalue weighted by molar-refractivity contribution is -0.138. The van der Waals surface area contributed by atoms with Crippen LogP contribution in [-0.2, 0) is 21.9 Å². The molecule has 0 radical (unpaired) electrons. The summed E-state index contributed by atoms with van der Waals surface area (Å²) in [5.74, 6) is -1.33. The first-order chi connectivity index (χ1) is 10.1. The number of hydrogen-bond acceptors (Lipinski definition) is 5. The van der Waals surface area contributed by atoms with Crippen LogP contribution in [0, 0.1) is 0 Å². The van der Waals surface area contributed by atoms with E-state index in [2.05, 4.69) is 4.98 Å². The van der Waals surface area contributed by atoms with Gasteiger partial charge in [0.15, 0.2) is 0 Å². The van der Waals surface area contributed by atoms with Crippen molar-refractivity contribution >= 4 is 26.9 Å². The molecule has 22 heavy (non-hydrogen) atoms. The van der Waals surface area contributed by atoms with E-state index in [-0.39, 0.29) is 15.8 Å². The van der Waals surface area contributed by atoms with Gasteiger partial charge in [-0.3, -0.25) is 14.2 Å². The third kappa shape index (κ3) is 2.78. The van der Waals surface area contributed by atoms with Gasteiger partial charge in [0.25, 0.3) is 5.56 Å². The number of carboxylic acids is 1. The van der Waals surface area contributed by atoms with Crippen molar-refractivity contribution in [1.29, 1.82) is 0 Å². The quantitative estimate of drug-likeness (QED) is 0.657. The summed E-state index contributed by atoms with van der Waals surface area (Å²) in [7, 11) is -2.85. The van der Waals surface area contributed by atoms with Crippen LogP contribution in [0.25, 0.3) is 10.9 Å². The number of aliphatic carboxylic acids is 1. The molecule has 0 aliphatic carbocycles. The van der Waals surface area contributed by atoms with Crippen molar-refractivity contribution < 1.29 is 18.3 Å². The number of nitrogens with zero attached hydrogens (tertiary/aromatic N) is 1. The summed E-state index contributed by atoms with van der Waals surface area (Å²) < 4.78 is 27.0. The SMILES string of the molecule is C[C@H](NS(=O)(=O)c1ccc2[nH]c(=O)n(C)c(=O)c2c1)C(=O)O. The molecule has 0 fully saturated rings. The van der Waals surface area contributed by atoms with Crippen LogP contribution in [0.2, 0.25) is 0 Å². The third-order valence-electron chi connectivity index (χ3n) is 3.08. The predicted octanol–water partition coefficient (Wildman–Crippen LogP) is -1.02. The fraction of sp³-hybridized carbons (Fsp3) is 0.250. The Morgan fingerprint density at radius 3 is 2.59 bits per heavy atom. The number of carboxylic acid groups (broad SMARTS) is 1. The van der Waals surface area contributed by atoms with Crippen molar-refractivity contribution in [2.24, 2.45) is 7.05 Å². The van der Waals surface area contributed by atoms with Gasteiger partial charge in [0, 0.05) is 7.05 Å². The standard InChI is InChI=1S/C12H13N3O6S/c1-6(11(17)18)14-22(20,21)7-3-4-9-8(5-7)10(16)15(2)12(19)13-9/h3-6,14H,1-2H3,(H,13,19)(H,17,18)/t6-/m0/s1. The highest BCUT2D eigenvalue weighted by atomic mass is 32.2. The molecule has 0 spiro atoms. The second kappa shape index (κ2) is 5.39. The topological polar surface area (TPSA) is 138 Å². The second-order valence-corrected chi connectivity index (χ2v) is 6.40. The van der Waals surface area contributed by atoms with Crippen LogP contribution in [0.4, 0.5) is 0 Å². The number of carbonyl (C=O) groups is 1. The number of aromatic amines is 1. The average Bonchev–Trinajstić information content (AvgIpc) is 2.44. The van der Waals surface area contributed by atoms with Gasteiger partial charge in [-0.1, -0.05) is 0 Å². The number of benzene rings is 1. The molecule has 2 rings (SSSR count). The Hall–Kier alpha value is -2.46. The van der Waals surface area contributed by atoms with Crippen molar-refractivity contribution in [1.82, 2.24) is 14.3 Å². The molecule has 0 saturated carbocycles. The van der Waals surface area contributed by atoms with Crippen LogP contribution in [0.3, 0.4) is 0 Å². The van der Waals surface area contributed by atoms with Gasteiger partial charge in [-0.15, -0.1) is 0 Å². The fourth-order valence-electron chi connectivity index (χ4n) is 1.80. The van der Waals surface area contributed by atoms with Gasteiger partial charge in [-0.05, 0) is 25.1 Å². The number of aromatic nitrogens is 2. The minimum Gasteiger partial charge on any atom is -0.480 e. The number of fused-ring (bicyclic) bond motifs is 1. The highest BCUT2D eigenvalue weighted by Gasteiger charge is 2.22. The van der Waals surface area contributed by atoms with Gasteiger partial charge in [0.05, 0.1) is 15.8 Å². The number of hydrogen-bond donors (Lipinski definition) is 3. The molecule has 0 bridgehead atoms. The molecule has 1 atom stereocenters. The number of rotatable bonds is 4. The Labute approximate surface area is 124 Å². The summed E-state index contributed by atoms with van der Waals surface area (Å²) in [5.41, 5.74) is -1.08. The first kappa shape index (κ1) is 15.9.